The van der Waals surface area contributed by atoms with Gasteiger partial charge in [-0.15, -0.1) is 0 Å². The van der Waals surface area contributed by atoms with Crippen LogP contribution in [0.3, 0.4) is 0 Å². The first-order valence-corrected chi connectivity index (χ1v) is 5.72. The lowest BCUT2D eigenvalue weighted by atomic mass is 10.3. The van der Waals surface area contributed by atoms with Crippen molar-refractivity contribution >= 4 is 17.8 Å². The van der Waals surface area contributed by atoms with E-state index in [0.29, 0.717) is 13.1 Å². The fraction of sp³-hybridized carbons (Fsp3) is 0.727. The summed E-state index contributed by atoms with van der Waals surface area (Å²) in [7, 11) is 1.20. The summed E-state index contributed by atoms with van der Waals surface area (Å²) in [4.78, 5) is 35.5. The van der Waals surface area contributed by atoms with Crippen molar-refractivity contribution in [1.82, 2.24) is 4.90 Å². The standard InChI is InChI=1S/C11H17NO6/c1-4-12(5-2)7(13)6-17-11(15)9-8(18-9)10(14)16-3/h8-9H,4-6H2,1-3H3. The second-order valence-corrected chi connectivity index (χ2v) is 3.67. The van der Waals surface area contributed by atoms with Gasteiger partial charge in [0.25, 0.3) is 5.91 Å². The van der Waals surface area contributed by atoms with Gasteiger partial charge in [-0.3, -0.25) is 4.79 Å². The molecule has 1 aliphatic rings. The van der Waals surface area contributed by atoms with Crippen LogP contribution in [0, 0.1) is 0 Å². The Labute approximate surface area is 105 Å². The van der Waals surface area contributed by atoms with Crippen molar-refractivity contribution < 1.29 is 28.6 Å². The topological polar surface area (TPSA) is 85.4 Å². The normalized spacial score (nSPS) is 21.1. The van der Waals surface area contributed by atoms with Crippen LogP contribution in [0.4, 0.5) is 0 Å². The maximum atomic E-state index is 11.5. The molecular formula is C11H17NO6. The van der Waals surface area contributed by atoms with E-state index in [9.17, 15) is 14.4 Å². The van der Waals surface area contributed by atoms with Gasteiger partial charge in [-0.2, -0.15) is 0 Å². The van der Waals surface area contributed by atoms with Crippen LogP contribution >= 0.6 is 0 Å². The number of hydrogen-bond donors (Lipinski definition) is 0. The van der Waals surface area contributed by atoms with Crippen molar-refractivity contribution in [2.24, 2.45) is 0 Å². The number of epoxide rings is 1. The van der Waals surface area contributed by atoms with Crippen molar-refractivity contribution in [3.05, 3.63) is 0 Å². The summed E-state index contributed by atoms with van der Waals surface area (Å²) in [6, 6.07) is 0. The van der Waals surface area contributed by atoms with Gasteiger partial charge < -0.3 is 19.1 Å². The lowest BCUT2D eigenvalue weighted by molar-refractivity contribution is -0.153. The van der Waals surface area contributed by atoms with Crippen LogP contribution in [0.25, 0.3) is 0 Å². The van der Waals surface area contributed by atoms with Crippen LogP contribution in [0.5, 0.6) is 0 Å². The van der Waals surface area contributed by atoms with Gasteiger partial charge in [-0.25, -0.2) is 9.59 Å². The Bertz CT molecular complexity index is 338. The predicted octanol–water partition coefficient (Wildman–Crippen LogP) is -0.662. The minimum atomic E-state index is -0.943. The second-order valence-electron chi connectivity index (χ2n) is 3.67. The number of amides is 1. The van der Waals surface area contributed by atoms with Gasteiger partial charge >= 0.3 is 11.9 Å². The van der Waals surface area contributed by atoms with Gasteiger partial charge in [0.2, 0.25) is 0 Å². The molecule has 1 fully saturated rings. The fourth-order valence-electron chi connectivity index (χ4n) is 1.47. The number of likely N-dealkylation sites (N-methyl/N-ethyl adjacent to an activating group) is 1. The molecule has 0 aromatic heterocycles. The van der Waals surface area contributed by atoms with Gasteiger partial charge in [0.15, 0.2) is 18.8 Å². The summed E-state index contributed by atoms with van der Waals surface area (Å²) < 4.78 is 14.0. The molecule has 7 nitrogen and oxygen atoms in total. The third-order valence-electron chi connectivity index (χ3n) is 2.61. The van der Waals surface area contributed by atoms with E-state index in [1.807, 2.05) is 13.8 Å². The molecule has 0 aromatic carbocycles. The molecule has 1 amide bonds. The molecule has 7 heteroatoms. The first-order chi connectivity index (χ1) is 8.54. The predicted molar refractivity (Wildman–Crippen MR) is 59.6 cm³/mol. The number of rotatable bonds is 6. The Hall–Kier alpha value is -1.63. The number of carbonyl (C=O) groups excluding carboxylic acids is 3. The molecule has 2 unspecified atom stereocenters. The van der Waals surface area contributed by atoms with Crippen molar-refractivity contribution in [2.45, 2.75) is 26.1 Å². The van der Waals surface area contributed by atoms with Crippen LogP contribution in [0.2, 0.25) is 0 Å². The van der Waals surface area contributed by atoms with E-state index in [2.05, 4.69) is 4.74 Å². The summed E-state index contributed by atoms with van der Waals surface area (Å²) in [5, 5.41) is 0. The van der Waals surface area contributed by atoms with Crippen LogP contribution in [0.15, 0.2) is 0 Å². The monoisotopic (exact) mass is 259 g/mol. The number of hydrogen-bond acceptors (Lipinski definition) is 6. The fourth-order valence-corrected chi connectivity index (χ4v) is 1.47. The molecule has 0 spiro atoms. The zero-order valence-corrected chi connectivity index (χ0v) is 10.7. The molecule has 0 N–H and O–H groups in total. The molecule has 2 atom stereocenters. The van der Waals surface area contributed by atoms with Gasteiger partial charge in [-0.1, -0.05) is 0 Å². The molecule has 0 aromatic rings. The number of ether oxygens (including phenoxy) is 3. The third-order valence-corrected chi connectivity index (χ3v) is 2.61. The maximum Gasteiger partial charge on any atom is 0.339 e. The highest BCUT2D eigenvalue weighted by Gasteiger charge is 2.52. The lowest BCUT2D eigenvalue weighted by Gasteiger charge is -2.17. The average molecular weight is 259 g/mol. The highest BCUT2D eigenvalue weighted by Crippen LogP contribution is 2.24. The minimum Gasteiger partial charge on any atom is -0.467 e. The van der Waals surface area contributed by atoms with Crippen molar-refractivity contribution in [1.29, 1.82) is 0 Å². The summed E-state index contributed by atoms with van der Waals surface area (Å²) in [6.45, 7) is 4.43. The van der Waals surface area contributed by atoms with E-state index in [-0.39, 0.29) is 12.5 Å². The maximum absolute atomic E-state index is 11.5. The smallest absolute Gasteiger partial charge is 0.339 e. The minimum absolute atomic E-state index is 0.274. The van der Waals surface area contributed by atoms with E-state index in [4.69, 9.17) is 9.47 Å². The Morgan fingerprint density at radius 3 is 2.17 bits per heavy atom. The number of carbonyl (C=O) groups is 3. The van der Waals surface area contributed by atoms with E-state index >= 15 is 0 Å². The highest BCUT2D eigenvalue weighted by atomic mass is 16.7. The molecular weight excluding hydrogens is 242 g/mol. The molecule has 1 aliphatic heterocycles. The second kappa shape index (κ2) is 6.34. The first kappa shape index (κ1) is 14.4. The average Bonchev–Trinajstić information content (AvgIpc) is 3.16. The van der Waals surface area contributed by atoms with Crippen molar-refractivity contribution in [3.63, 3.8) is 0 Å². The van der Waals surface area contributed by atoms with Gasteiger partial charge in [0, 0.05) is 13.1 Å². The third kappa shape index (κ3) is 3.43. The molecule has 0 bridgehead atoms. The van der Waals surface area contributed by atoms with Crippen LogP contribution in [-0.4, -0.2) is 61.8 Å². The van der Waals surface area contributed by atoms with Gasteiger partial charge in [-0.05, 0) is 13.8 Å². The molecule has 0 radical (unpaired) electrons. The van der Waals surface area contributed by atoms with Crippen LogP contribution < -0.4 is 0 Å². The quantitative estimate of drug-likeness (QED) is 0.465. The van der Waals surface area contributed by atoms with Crippen molar-refractivity contribution in [3.8, 4) is 0 Å². The number of esters is 2. The van der Waals surface area contributed by atoms with Gasteiger partial charge in [0.1, 0.15) is 0 Å². The highest BCUT2D eigenvalue weighted by molar-refractivity contribution is 5.91. The van der Waals surface area contributed by atoms with Crippen LogP contribution in [0.1, 0.15) is 13.8 Å². The molecule has 0 saturated carbocycles. The van der Waals surface area contributed by atoms with Crippen molar-refractivity contribution in [2.75, 3.05) is 26.8 Å². The van der Waals surface area contributed by atoms with Crippen LogP contribution in [-0.2, 0) is 28.6 Å². The molecule has 1 rings (SSSR count). The Morgan fingerprint density at radius 1 is 1.11 bits per heavy atom. The van der Waals surface area contributed by atoms with E-state index < -0.39 is 24.1 Å². The van der Waals surface area contributed by atoms with E-state index in [1.54, 1.807) is 4.90 Å². The molecule has 102 valence electrons. The molecule has 1 saturated heterocycles. The SMILES string of the molecule is CCN(CC)C(=O)COC(=O)C1OC1C(=O)OC. The number of nitrogens with zero attached hydrogens (tertiary/aromatic N) is 1. The zero-order chi connectivity index (χ0) is 13.7. The molecule has 18 heavy (non-hydrogen) atoms. The van der Waals surface area contributed by atoms with E-state index in [0.717, 1.165) is 0 Å². The van der Waals surface area contributed by atoms with E-state index in [1.165, 1.54) is 7.11 Å². The largest absolute Gasteiger partial charge is 0.467 e. The summed E-state index contributed by atoms with van der Waals surface area (Å²) in [5.74, 6) is -1.61. The first-order valence-electron chi connectivity index (χ1n) is 5.72. The Balaban J connectivity index is 2.31. The summed E-state index contributed by atoms with van der Waals surface area (Å²) >= 11 is 0. The zero-order valence-electron chi connectivity index (χ0n) is 10.7. The summed E-state index contributed by atoms with van der Waals surface area (Å²) in [6.07, 6.45) is -1.84. The Kier molecular flexibility index (Phi) is 5.08. The number of methoxy groups -OCH3 is 1. The van der Waals surface area contributed by atoms with Gasteiger partial charge in [0.05, 0.1) is 7.11 Å². The Morgan fingerprint density at radius 2 is 1.67 bits per heavy atom. The molecule has 1 heterocycles. The molecule has 0 aliphatic carbocycles. The summed E-state index contributed by atoms with van der Waals surface area (Å²) in [5.41, 5.74) is 0. The lowest BCUT2D eigenvalue weighted by Crippen LogP contribution is -2.35.